The minimum atomic E-state index is 0.145. The quantitative estimate of drug-likeness (QED) is 0.237. The Hall–Kier alpha value is -1.51. The van der Waals surface area contributed by atoms with Gasteiger partial charge in [0, 0.05) is 19.3 Å². The van der Waals surface area contributed by atoms with Gasteiger partial charge in [-0.1, -0.05) is 78.9 Å². The molecule has 0 heterocycles. The minimum Gasteiger partial charge on any atom is -0.300 e. The van der Waals surface area contributed by atoms with Gasteiger partial charge in [0.2, 0.25) is 0 Å². The van der Waals surface area contributed by atoms with Crippen LogP contribution in [-0.2, 0) is 14.4 Å². The number of rotatable bonds is 14. The molecule has 0 N–H and O–H groups in total. The average Bonchev–Trinajstić information content (AvgIpc) is 2.66. The summed E-state index contributed by atoms with van der Waals surface area (Å²) in [4.78, 5) is 31.6. The van der Waals surface area contributed by atoms with Crippen molar-refractivity contribution in [3.63, 3.8) is 0 Å². The number of hydrogen-bond donors (Lipinski definition) is 0. The monoisotopic (exact) mass is 380 g/mol. The van der Waals surface area contributed by atoms with Gasteiger partial charge in [0.1, 0.15) is 5.78 Å². The number of carbonyl (C=O) groups is 3. The van der Waals surface area contributed by atoms with Gasteiger partial charge in [-0.3, -0.25) is 14.4 Å². The van der Waals surface area contributed by atoms with E-state index in [1.54, 1.807) is 13.0 Å². The van der Waals surface area contributed by atoms with Gasteiger partial charge in [0.25, 0.3) is 0 Å². The van der Waals surface area contributed by atoms with Gasteiger partial charge in [-0.15, -0.1) is 0 Å². The molecule has 0 saturated heterocycles. The maximum Gasteiger partial charge on any atom is 0.155 e. The van der Waals surface area contributed by atoms with E-state index in [0.717, 1.165) is 32.1 Å². The van der Waals surface area contributed by atoms with Crippen molar-refractivity contribution in [1.29, 1.82) is 0 Å². The fourth-order valence-electron chi connectivity index (χ4n) is 1.97. The number of unbranched alkanes of at least 4 members (excludes halogenated alkanes) is 6. The zero-order valence-corrected chi connectivity index (χ0v) is 18.6. The molecule has 0 atom stereocenters. The van der Waals surface area contributed by atoms with Crippen LogP contribution in [0.1, 0.15) is 112 Å². The second-order valence-electron chi connectivity index (χ2n) is 6.63. The van der Waals surface area contributed by atoms with Crippen molar-refractivity contribution in [3.05, 3.63) is 24.8 Å². The third-order valence-corrected chi connectivity index (χ3v) is 3.78. The first-order chi connectivity index (χ1) is 12.9. The molecule has 158 valence electrons. The predicted molar refractivity (Wildman–Crippen MR) is 118 cm³/mol. The van der Waals surface area contributed by atoms with Crippen molar-refractivity contribution >= 4 is 17.3 Å². The standard InChI is InChI=1S/C8H14O.C8H16O.C8H14O/c1-3-4-5-6-7-8(2)9;2*1-3-5-6-7-8(9)4-2/h6-7H,3-5H2,1-2H3;3-7H2,1-2H3;4H,2-3,5-7H2,1H3. The fraction of sp³-hybridized carbons (Fsp3) is 0.708. The molecule has 0 unspecified atom stereocenters. The van der Waals surface area contributed by atoms with E-state index in [1.165, 1.54) is 38.2 Å². The van der Waals surface area contributed by atoms with Gasteiger partial charge < -0.3 is 0 Å². The van der Waals surface area contributed by atoms with E-state index in [2.05, 4.69) is 27.4 Å². The van der Waals surface area contributed by atoms with Gasteiger partial charge in [-0.25, -0.2) is 0 Å². The molecule has 0 aromatic carbocycles. The molecule has 0 rings (SSSR count). The highest BCUT2D eigenvalue weighted by Crippen LogP contribution is 2.01. The topological polar surface area (TPSA) is 51.2 Å². The van der Waals surface area contributed by atoms with Crippen molar-refractivity contribution in [1.82, 2.24) is 0 Å². The zero-order chi connectivity index (χ0) is 21.3. The molecule has 0 amide bonds. The molecule has 0 aromatic rings. The lowest BCUT2D eigenvalue weighted by Crippen LogP contribution is -1.93. The Balaban J connectivity index is -0.000000320. The Morgan fingerprint density at radius 2 is 1.30 bits per heavy atom. The number of carbonyl (C=O) groups excluding carboxylic acids is 3. The Bertz CT molecular complexity index is 394. The largest absolute Gasteiger partial charge is 0.300 e. The highest BCUT2D eigenvalue weighted by atomic mass is 16.1. The van der Waals surface area contributed by atoms with E-state index in [4.69, 9.17) is 0 Å². The minimum absolute atomic E-state index is 0.145. The highest BCUT2D eigenvalue weighted by molar-refractivity contribution is 5.88. The number of hydrogen-bond acceptors (Lipinski definition) is 3. The normalized spacial score (nSPS) is 9.67. The highest BCUT2D eigenvalue weighted by Gasteiger charge is 1.95. The molecule has 0 saturated carbocycles. The lowest BCUT2D eigenvalue weighted by Gasteiger charge is -1.93. The number of allylic oxidation sites excluding steroid dienone is 3. The van der Waals surface area contributed by atoms with E-state index in [-0.39, 0.29) is 11.6 Å². The molecule has 0 aliphatic rings. The maximum atomic E-state index is 10.7. The van der Waals surface area contributed by atoms with Crippen LogP contribution in [0.4, 0.5) is 0 Å². The molecule has 0 radical (unpaired) electrons. The van der Waals surface area contributed by atoms with E-state index in [1.807, 2.05) is 13.0 Å². The molecule has 0 fully saturated rings. The van der Waals surface area contributed by atoms with Crippen LogP contribution in [0.15, 0.2) is 24.8 Å². The summed E-state index contributed by atoms with van der Waals surface area (Å²) >= 11 is 0. The number of Topliss-reactive ketones (excluding diaryl/α,β-unsaturated/α-hetero) is 1. The van der Waals surface area contributed by atoms with Crippen LogP contribution in [0.2, 0.25) is 0 Å². The molecule has 0 spiro atoms. The number of ketones is 3. The van der Waals surface area contributed by atoms with Crippen LogP contribution in [0.25, 0.3) is 0 Å². The van der Waals surface area contributed by atoms with Gasteiger partial charge >= 0.3 is 0 Å². The Morgan fingerprint density at radius 3 is 1.70 bits per heavy atom. The van der Waals surface area contributed by atoms with Gasteiger partial charge in [-0.2, -0.15) is 0 Å². The van der Waals surface area contributed by atoms with Crippen LogP contribution in [0, 0.1) is 0 Å². The summed E-state index contributed by atoms with van der Waals surface area (Å²) < 4.78 is 0. The van der Waals surface area contributed by atoms with Gasteiger partial charge in [0.15, 0.2) is 11.6 Å². The third kappa shape index (κ3) is 36.2. The summed E-state index contributed by atoms with van der Waals surface area (Å²) in [6, 6.07) is 0. The Kier molecular flexibility index (Phi) is 29.9. The summed E-state index contributed by atoms with van der Waals surface area (Å²) in [7, 11) is 0. The summed E-state index contributed by atoms with van der Waals surface area (Å²) in [5.74, 6) is 0.720. The smallest absolute Gasteiger partial charge is 0.155 e. The van der Waals surface area contributed by atoms with Crippen molar-refractivity contribution in [2.45, 2.75) is 112 Å². The second-order valence-corrected chi connectivity index (χ2v) is 6.63. The van der Waals surface area contributed by atoms with Crippen LogP contribution in [-0.4, -0.2) is 17.3 Å². The first-order valence-corrected chi connectivity index (χ1v) is 10.7. The van der Waals surface area contributed by atoms with Crippen LogP contribution in [0.3, 0.4) is 0 Å². The first-order valence-electron chi connectivity index (χ1n) is 10.7. The van der Waals surface area contributed by atoms with Crippen molar-refractivity contribution in [2.75, 3.05) is 0 Å². The van der Waals surface area contributed by atoms with E-state index in [9.17, 15) is 14.4 Å². The molecule has 3 heteroatoms. The third-order valence-electron chi connectivity index (χ3n) is 3.78. The van der Waals surface area contributed by atoms with Crippen molar-refractivity contribution in [2.24, 2.45) is 0 Å². The maximum absolute atomic E-state index is 10.7. The van der Waals surface area contributed by atoms with Crippen LogP contribution in [0.5, 0.6) is 0 Å². The molecule has 0 bridgehead atoms. The molecular weight excluding hydrogens is 336 g/mol. The summed E-state index contributed by atoms with van der Waals surface area (Å²) in [6.45, 7) is 13.3. The molecule has 0 aliphatic heterocycles. The lowest BCUT2D eigenvalue weighted by molar-refractivity contribution is -0.119. The lowest BCUT2D eigenvalue weighted by atomic mass is 10.1. The molecule has 0 aromatic heterocycles. The first kappa shape index (κ1) is 30.2. The van der Waals surface area contributed by atoms with Crippen LogP contribution >= 0.6 is 0 Å². The average molecular weight is 381 g/mol. The summed E-state index contributed by atoms with van der Waals surface area (Å²) in [5.41, 5.74) is 0. The molecule has 3 nitrogen and oxygen atoms in total. The van der Waals surface area contributed by atoms with Crippen molar-refractivity contribution < 1.29 is 14.4 Å². The summed E-state index contributed by atoms with van der Waals surface area (Å²) in [5, 5.41) is 0. The molecule has 27 heavy (non-hydrogen) atoms. The fourth-order valence-corrected chi connectivity index (χ4v) is 1.97. The predicted octanol–water partition coefficient (Wildman–Crippen LogP) is 7.19. The summed E-state index contributed by atoms with van der Waals surface area (Å²) in [6.07, 6.45) is 17.4. The molecule has 0 aliphatic carbocycles. The van der Waals surface area contributed by atoms with Gasteiger partial charge in [0.05, 0.1) is 0 Å². The van der Waals surface area contributed by atoms with E-state index < -0.39 is 0 Å². The zero-order valence-electron chi connectivity index (χ0n) is 18.6. The van der Waals surface area contributed by atoms with Gasteiger partial charge in [-0.05, 0) is 38.3 Å². The Labute approximate surface area is 168 Å². The SMILES string of the molecule is C=CC(=O)CCCCC.CCCCC=CC(C)=O.CCCCCC(=O)CC. The second kappa shape index (κ2) is 26.7. The Morgan fingerprint density at radius 1 is 0.778 bits per heavy atom. The van der Waals surface area contributed by atoms with Crippen LogP contribution < -0.4 is 0 Å². The van der Waals surface area contributed by atoms with E-state index in [0.29, 0.717) is 18.6 Å². The van der Waals surface area contributed by atoms with Crippen molar-refractivity contribution in [3.8, 4) is 0 Å². The molecular formula is C24H44O3. The van der Waals surface area contributed by atoms with E-state index >= 15 is 0 Å².